The van der Waals surface area contributed by atoms with Gasteiger partial charge in [-0.2, -0.15) is 5.10 Å². The van der Waals surface area contributed by atoms with Gasteiger partial charge < -0.3 is 19.5 Å². The second-order valence-electron chi connectivity index (χ2n) is 6.89. The van der Waals surface area contributed by atoms with Gasteiger partial charge in [0.25, 0.3) is 0 Å². The quantitative estimate of drug-likeness (QED) is 0.243. The predicted molar refractivity (Wildman–Crippen MR) is 133 cm³/mol. The van der Waals surface area contributed by atoms with Gasteiger partial charge in [0.05, 0.1) is 30.1 Å². The maximum absolute atomic E-state index is 12.2. The van der Waals surface area contributed by atoms with Crippen molar-refractivity contribution in [1.29, 1.82) is 0 Å². The molecule has 0 heterocycles. The number of benzene rings is 3. The Labute approximate surface area is 206 Å². The number of nitrogens with zero attached hydrogens (tertiary/aromatic N) is 1. The maximum Gasteiger partial charge on any atom is 0.329 e. The molecule has 0 radical (unpaired) electrons. The number of nitrogens with one attached hydrogen (secondary N) is 2. The van der Waals surface area contributed by atoms with Crippen molar-refractivity contribution in [2.75, 3.05) is 19.0 Å². The van der Waals surface area contributed by atoms with Gasteiger partial charge in [0.15, 0.2) is 11.5 Å². The van der Waals surface area contributed by atoms with Crippen molar-refractivity contribution in [3.05, 3.63) is 82.3 Å². The van der Waals surface area contributed by atoms with E-state index in [9.17, 15) is 9.59 Å². The molecule has 8 nitrogen and oxygen atoms in total. The lowest BCUT2D eigenvalue weighted by Crippen LogP contribution is -2.32. The molecular formula is C25H24BrN3O5. The van der Waals surface area contributed by atoms with Gasteiger partial charge in [-0.15, -0.1) is 0 Å². The first-order valence-electron chi connectivity index (χ1n) is 10.4. The molecule has 176 valence electrons. The summed E-state index contributed by atoms with van der Waals surface area (Å²) in [6.07, 6.45) is 1.41. The monoisotopic (exact) mass is 525 g/mol. The highest BCUT2D eigenvalue weighted by molar-refractivity contribution is 9.10. The molecule has 2 N–H and O–H groups in total. The summed E-state index contributed by atoms with van der Waals surface area (Å²) >= 11 is 3.51. The van der Waals surface area contributed by atoms with E-state index in [0.717, 1.165) is 5.56 Å². The maximum atomic E-state index is 12.2. The summed E-state index contributed by atoms with van der Waals surface area (Å²) in [6, 6.07) is 20.1. The summed E-state index contributed by atoms with van der Waals surface area (Å²) in [5.74, 6) is -0.274. The number of methoxy groups -OCH3 is 1. The molecule has 0 fully saturated rings. The first-order chi connectivity index (χ1) is 16.5. The summed E-state index contributed by atoms with van der Waals surface area (Å²) in [5.41, 5.74) is 4.25. The van der Waals surface area contributed by atoms with Gasteiger partial charge >= 0.3 is 11.8 Å². The molecule has 3 aromatic carbocycles. The number of carbonyl (C=O) groups excluding carboxylic acids is 2. The number of hydrogen-bond acceptors (Lipinski definition) is 6. The molecule has 0 atom stereocenters. The van der Waals surface area contributed by atoms with E-state index in [1.165, 1.54) is 13.3 Å². The van der Waals surface area contributed by atoms with Crippen molar-refractivity contribution >= 4 is 39.6 Å². The van der Waals surface area contributed by atoms with E-state index in [4.69, 9.17) is 14.2 Å². The Balaban J connectivity index is 1.65. The zero-order chi connectivity index (χ0) is 24.3. The van der Waals surface area contributed by atoms with Crippen LogP contribution in [0.25, 0.3) is 0 Å². The van der Waals surface area contributed by atoms with Gasteiger partial charge in [-0.3, -0.25) is 9.59 Å². The number of para-hydroxylation sites is 2. The number of anilines is 1. The molecule has 34 heavy (non-hydrogen) atoms. The molecule has 3 rings (SSSR count). The second kappa shape index (κ2) is 12.4. The number of halogens is 1. The Bertz CT molecular complexity index is 1170. The van der Waals surface area contributed by atoms with Crippen LogP contribution in [0.1, 0.15) is 18.1 Å². The molecule has 0 spiro atoms. The van der Waals surface area contributed by atoms with Crippen LogP contribution in [0.2, 0.25) is 0 Å². The fourth-order valence-corrected chi connectivity index (χ4v) is 3.51. The summed E-state index contributed by atoms with van der Waals surface area (Å²) in [5, 5.41) is 6.36. The van der Waals surface area contributed by atoms with Crippen molar-refractivity contribution in [3.8, 4) is 17.2 Å². The summed E-state index contributed by atoms with van der Waals surface area (Å²) in [4.78, 5) is 24.3. The molecule has 0 bridgehead atoms. The second-order valence-corrected chi connectivity index (χ2v) is 7.75. The normalized spacial score (nSPS) is 10.6. The Morgan fingerprint density at radius 2 is 1.71 bits per heavy atom. The minimum atomic E-state index is -0.922. The number of hydrogen-bond donors (Lipinski definition) is 2. The Morgan fingerprint density at radius 1 is 0.971 bits per heavy atom. The van der Waals surface area contributed by atoms with Crippen molar-refractivity contribution in [2.24, 2.45) is 5.10 Å². The first kappa shape index (κ1) is 24.8. The number of carbonyl (C=O) groups is 2. The lowest BCUT2D eigenvalue weighted by molar-refractivity contribution is -0.136. The molecule has 0 aliphatic heterocycles. The van der Waals surface area contributed by atoms with Gasteiger partial charge in [0, 0.05) is 0 Å². The summed E-state index contributed by atoms with van der Waals surface area (Å²) < 4.78 is 17.5. The number of amides is 2. The molecule has 2 amide bonds. The van der Waals surface area contributed by atoms with Gasteiger partial charge in [-0.1, -0.05) is 42.5 Å². The van der Waals surface area contributed by atoms with Crippen molar-refractivity contribution in [3.63, 3.8) is 0 Å². The van der Waals surface area contributed by atoms with E-state index in [2.05, 4.69) is 31.8 Å². The number of ether oxygens (including phenoxy) is 3. The fourth-order valence-electron chi connectivity index (χ4n) is 2.94. The van der Waals surface area contributed by atoms with E-state index in [0.29, 0.717) is 46.2 Å². The van der Waals surface area contributed by atoms with Crippen LogP contribution >= 0.6 is 15.9 Å². The highest BCUT2D eigenvalue weighted by Gasteiger charge is 2.15. The Hall–Kier alpha value is -3.85. The molecule has 3 aromatic rings. The van der Waals surface area contributed by atoms with Crippen LogP contribution in [0.3, 0.4) is 0 Å². The number of hydrazone groups is 1. The fraction of sp³-hybridized carbons (Fsp3) is 0.160. The van der Waals surface area contributed by atoms with E-state index in [1.807, 2.05) is 37.3 Å². The van der Waals surface area contributed by atoms with Crippen molar-refractivity contribution in [1.82, 2.24) is 5.43 Å². The minimum Gasteiger partial charge on any atom is -0.495 e. The average Bonchev–Trinajstić information content (AvgIpc) is 2.84. The third kappa shape index (κ3) is 6.82. The van der Waals surface area contributed by atoms with Crippen LogP contribution in [-0.4, -0.2) is 31.7 Å². The standard InChI is InChI=1S/C25H24BrN3O5/c1-3-33-22-14-18(13-19(26)23(22)34-16-17-9-5-4-6-10-17)15-27-29-25(31)24(30)28-20-11-7-8-12-21(20)32-2/h4-15H,3,16H2,1-2H3,(H,28,30)(H,29,31). The largest absolute Gasteiger partial charge is 0.495 e. The van der Waals surface area contributed by atoms with Crippen LogP contribution < -0.4 is 25.0 Å². The highest BCUT2D eigenvalue weighted by atomic mass is 79.9. The predicted octanol–water partition coefficient (Wildman–Crippen LogP) is 4.52. The third-order valence-corrected chi connectivity index (χ3v) is 5.09. The van der Waals surface area contributed by atoms with Gasteiger partial charge in [0.2, 0.25) is 0 Å². The third-order valence-electron chi connectivity index (χ3n) is 4.50. The lowest BCUT2D eigenvalue weighted by Gasteiger charge is -2.14. The Morgan fingerprint density at radius 3 is 2.44 bits per heavy atom. The van der Waals surface area contributed by atoms with E-state index >= 15 is 0 Å². The van der Waals surface area contributed by atoms with Crippen LogP contribution in [0, 0.1) is 0 Å². The average molecular weight is 526 g/mol. The van der Waals surface area contributed by atoms with Crippen molar-refractivity contribution < 1.29 is 23.8 Å². The van der Waals surface area contributed by atoms with E-state index in [-0.39, 0.29) is 0 Å². The topological polar surface area (TPSA) is 98.2 Å². The Kier molecular flexibility index (Phi) is 9.04. The molecular weight excluding hydrogens is 502 g/mol. The van der Waals surface area contributed by atoms with Crippen LogP contribution in [0.5, 0.6) is 17.2 Å². The molecule has 0 unspecified atom stereocenters. The zero-order valence-electron chi connectivity index (χ0n) is 18.7. The highest BCUT2D eigenvalue weighted by Crippen LogP contribution is 2.37. The van der Waals surface area contributed by atoms with E-state index < -0.39 is 11.8 Å². The lowest BCUT2D eigenvalue weighted by atomic mass is 10.2. The van der Waals surface area contributed by atoms with Crippen LogP contribution in [-0.2, 0) is 16.2 Å². The molecule has 0 saturated heterocycles. The SMILES string of the molecule is CCOc1cc(C=NNC(=O)C(=O)Nc2ccccc2OC)cc(Br)c1OCc1ccccc1. The first-order valence-corrected chi connectivity index (χ1v) is 11.2. The molecule has 0 aliphatic carbocycles. The summed E-state index contributed by atoms with van der Waals surface area (Å²) in [7, 11) is 1.47. The summed E-state index contributed by atoms with van der Waals surface area (Å²) in [6.45, 7) is 2.69. The molecule has 0 aromatic heterocycles. The zero-order valence-corrected chi connectivity index (χ0v) is 20.3. The molecule has 0 saturated carbocycles. The smallest absolute Gasteiger partial charge is 0.329 e. The number of rotatable bonds is 9. The molecule has 9 heteroatoms. The van der Waals surface area contributed by atoms with Gasteiger partial charge in [-0.25, -0.2) is 5.43 Å². The van der Waals surface area contributed by atoms with Gasteiger partial charge in [-0.05, 0) is 58.2 Å². The van der Waals surface area contributed by atoms with Gasteiger partial charge in [0.1, 0.15) is 12.4 Å². The van der Waals surface area contributed by atoms with Crippen molar-refractivity contribution in [2.45, 2.75) is 13.5 Å². The van der Waals surface area contributed by atoms with Crippen LogP contribution in [0.4, 0.5) is 5.69 Å². The van der Waals surface area contributed by atoms with E-state index in [1.54, 1.807) is 36.4 Å². The molecule has 0 aliphatic rings. The van der Waals surface area contributed by atoms with Crippen LogP contribution in [0.15, 0.2) is 76.3 Å². The minimum absolute atomic E-state index is 0.379.